The molecule has 114 valence electrons. The van der Waals surface area contributed by atoms with Gasteiger partial charge >= 0.3 is 0 Å². The standard InChI is InChI=1S/C15H26N2O2S/c1-12(2)16-9-6-10-20(18,19)17(5)15-8-7-13(3)11-14(15)4/h7-8,11-12,16H,6,9-10H2,1-5H3. The maximum Gasteiger partial charge on any atom is 0.234 e. The number of rotatable bonds is 7. The molecule has 0 saturated carbocycles. The van der Waals surface area contributed by atoms with Crippen LogP contribution in [0.5, 0.6) is 0 Å². The first-order valence-electron chi connectivity index (χ1n) is 7.01. The normalized spacial score (nSPS) is 11.9. The summed E-state index contributed by atoms with van der Waals surface area (Å²) in [5.74, 6) is 0.163. The summed E-state index contributed by atoms with van der Waals surface area (Å²) in [5.41, 5.74) is 2.88. The molecule has 0 amide bonds. The van der Waals surface area contributed by atoms with Crippen LogP contribution in [-0.2, 0) is 10.0 Å². The predicted molar refractivity (Wildman–Crippen MR) is 85.9 cm³/mol. The Morgan fingerprint density at radius 2 is 1.90 bits per heavy atom. The fourth-order valence-corrected chi connectivity index (χ4v) is 3.38. The van der Waals surface area contributed by atoms with Gasteiger partial charge in [0.2, 0.25) is 10.0 Å². The zero-order valence-corrected chi connectivity index (χ0v) is 13.9. The van der Waals surface area contributed by atoms with E-state index in [2.05, 4.69) is 19.2 Å². The van der Waals surface area contributed by atoms with Crippen molar-refractivity contribution in [2.75, 3.05) is 23.7 Å². The smallest absolute Gasteiger partial charge is 0.234 e. The Morgan fingerprint density at radius 1 is 1.25 bits per heavy atom. The topological polar surface area (TPSA) is 49.4 Å². The lowest BCUT2D eigenvalue weighted by Crippen LogP contribution is -2.32. The van der Waals surface area contributed by atoms with Gasteiger partial charge < -0.3 is 5.32 Å². The molecule has 1 rings (SSSR count). The van der Waals surface area contributed by atoms with Crippen LogP contribution in [0.2, 0.25) is 0 Å². The number of anilines is 1. The van der Waals surface area contributed by atoms with Crippen LogP contribution < -0.4 is 9.62 Å². The van der Waals surface area contributed by atoms with E-state index < -0.39 is 10.0 Å². The van der Waals surface area contributed by atoms with Gasteiger partial charge in [0.1, 0.15) is 0 Å². The second kappa shape index (κ2) is 7.09. The minimum atomic E-state index is -3.25. The summed E-state index contributed by atoms with van der Waals surface area (Å²) in [6, 6.07) is 6.19. The summed E-state index contributed by atoms with van der Waals surface area (Å²) in [6.07, 6.45) is 0.621. The van der Waals surface area contributed by atoms with Crippen molar-refractivity contribution in [3.8, 4) is 0 Å². The molecule has 0 spiro atoms. The van der Waals surface area contributed by atoms with E-state index in [0.29, 0.717) is 12.5 Å². The fourth-order valence-electron chi connectivity index (χ4n) is 2.09. The number of hydrogen-bond donors (Lipinski definition) is 1. The van der Waals surface area contributed by atoms with Gasteiger partial charge in [0.25, 0.3) is 0 Å². The molecular weight excluding hydrogens is 272 g/mol. The quantitative estimate of drug-likeness (QED) is 0.787. The van der Waals surface area contributed by atoms with Crippen molar-refractivity contribution in [3.05, 3.63) is 29.3 Å². The van der Waals surface area contributed by atoms with Crippen molar-refractivity contribution in [2.45, 2.75) is 40.2 Å². The second-order valence-corrected chi connectivity index (χ2v) is 7.66. The van der Waals surface area contributed by atoms with E-state index in [-0.39, 0.29) is 5.75 Å². The Balaban J connectivity index is 2.71. The van der Waals surface area contributed by atoms with Crippen molar-refractivity contribution in [2.24, 2.45) is 0 Å². The van der Waals surface area contributed by atoms with Crippen molar-refractivity contribution < 1.29 is 8.42 Å². The average molecular weight is 298 g/mol. The van der Waals surface area contributed by atoms with Gasteiger partial charge in [-0.1, -0.05) is 31.5 Å². The highest BCUT2D eigenvalue weighted by molar-refractivity contribution is 7.92. The molecule has 0 radical (unpaired) electrons. The zero-order chi connectivity index (χ0) is 15.3. The predicted octanol–water partition coefficient (Wildman–Crippen LogP) is 2.46. The molecule has 0 heterocycles. The third-order valence-corrected chi connectivity index (χ3v) is 5.08. The van der Waals surface area contributed by atoms with Crippen molar-refractivity contribution in [1.82, 2.24) is 5.32 Å². The maximum absolute atomic E-state index is 12.3. The monoisotopic (exact) mass is 298 g/mol. The van der Waals surface area contributed by atoms with Gasteiger partial charge in [-0.2, -0.15) is 0 Å². The van der Waals surface area contributed by atoms with Gasteiger partial charge in [0.15, 0.2) is 0 Å². The lowest BCUT2D eigenvalue weighted by Gasteiger charge is -2.22. The molecule has 1 aromatic carbocycles. The molecule has 4 nitrogen and oxygen atoms in total. The molecule has 0 aliphatic rings. The van der Waals surface area contributed by atoms with Crippen LogP contribution >= 0.6 is 0 Å². The van der Waals surface area contributed by atoms with Gasteiger partial charge in [-0.05, 0) is 38.4 Å². The van der Waals surface area contributed by atoms with Crippen LogP contribution in [0, 0.1) is 13.8 Å². The number of nitrogens with one attached hydrogen (secondary N) is 1. The average Bonchev–Trinajstić information content (AvgIpc) is 2.34. The summed E-state index contributed by atoms with van der Waals surface area (Å²) in [6.45, 7) is 8.77. The van der Waals surface area contributed by atoms with Crippen molar-refractivity contribution in [3.63, 3.8) is 0 Å². The molecule has 0 saturated heterocycles. The maximum atomic E-state index is 12.3. The summed E-state index contributed by atoms with van der Waals surface area (Å²) < 4.78 is 26.0. The van der Waals surface area contributed by atoms with Gasteiger partial charge in [-0.3, -0.25) is 4.31 Å². The highest BCUT2D eigenvalue weighted by Crippen LogP contribution is 2.22. The van der Waals surface area contributed by atoms with Crippen molar-refractivity contribution in [1.29, 1.82) is 0 Å². The summed E-state index contributed by atoms with van der Waals surface area (Å²) in [5, 5.41) is 3.23. The molecular formula is C15H26N2O2S. The van der Waals surface area contributed by atoms with Crippen LogP contribution in [0.3, 0.4) is 0 Å². The van der Waals surface area contributed by atoms with Crippen LogP contribution in [0.4, 0.5) is 5.69 Å². The molecule has 20 heavy (non-hydrogen) atoms. The van der Waals surface area contributed by atoms with Gasteiger partial charge in [0, 0.05) is 13.1 Å². The second-order valence-electron chi connectivity index (χ2n) is 5.54. The molecule has 0 aliphatic carbocycles. The van der Waals surface area contributed by atoms with Crippen LogP contribution in [-0.4, -0.2) is 33.8 Å². The molecule has 1 N–H and O–H groups in total. The van der Waals surface area contributed by atoms with Crippen LogP contribution in [0.25, 0.3) is 0 Å². The number of benzene rings is 1. The first-order chi connectivity index (χ1) is 9.24. The van der Waals surface area contributed by atoms with E-state index in [9.17, 15) is 8.42 Å². The molecule has 1 aromatic rings. The van der Waals surface area contributed by atoms with Crippen LogP contribution in [0.1, 0.15) is 31.4 Å². The zero-order valence-electron chi connectivity index (χ0n) is 13.1. The lowest BCUT2D eigenvalue weighted by atomic mass is 10.1. The minimum absolute atomic E-state index is 0.163. The van der Waals surface area contributed by atoms with Gasteiger partial charge in [-0.15, -0.1) is 0 Å². The van der Waals surface area contributed by atoms with E-state index in [4.69, 9.17) is 0 Å². The Morgan fingerprint density at radius 3 is 2.45 bits per heavy atom. The highest BCUT2D eigenvalue weighted by Gasteiger charge is 2.19. The first kappa shape index (κ1) is 17.0. The van der Waals surface area contributed by atoms with E-state index in [1.807, 2.05) is 32.0 Å². The highest BCUT2D eigenvalue weighted by atomic mass is 32.2. The van der Waals surface area contributed by atoms with Gasteiger partial charge in [0.05, 0.1) is 11.4 Å². The summed E-state index contributed by atoms with van der Waals surface area (Å²) >= 11 is 0. The number of aryl methyl sites for hydroxylation is 2. The summed E-state index contributed by atoms with van der Waals surface area (Å²) in [7, 11) is -1.63. The molecule has 5 heteroatoms. The van der Waals surface area contributed by atoms with E-state index in [1.165, 1.54) is 4.31 Å². The molecule has 0 aromatic heterocycles. The van der Waals surface area contributed by atoms with Crippen LogP contribution in [0.15, 0.2) is 18.2 Å². The molecule has 0 aliphatic heterocycles. The number of sulfonamides is 1. The third-order valence-electron chi connectivity index (χ3n) is 3.24. The van der Waals surface area contributed by atoms with E-state index in [1.54, 1.807) is 7.05 Å². The minimum Gasteiger partial charge on any atom is -0.314 e. The molecule has 0 atom stereocenters. The Kier molecular flexibility index (Phi) is 6.02. The Bertz CT molecular complexity index is 539. The SMILES string of the molecule is Cc1ccc(N(C)S(=O)(=O)CCCNC(C)C)c(C)c1. The summed E-state index contributed by atoms with van der Waals surface area (Å²) in [4.78, 5) is 0. The molecule has 0 bridgehead atoms. The van der Waals surface area contributed by atoms with E-state index in [0.717, 1.165) is 23.4 Å². The Labute approximate surface area is 123 Å². The van der Waals surface area contributed by atoms with Gasteiger partial charge in [-0.25, -0.2) is 8.42 Å². The molecule has 0 unspecified atom stereocenters. The van der Waals surface area contributed by atoms with E-state index >= 15 is 0 Å². The number of hydrogen-bond acceptors (Lipinski definition) is 3. The lowest BCUT2D eigenvalue weighted by molar-refractivity contribution is 0.568. The third kappa shape index (κ3) is 4.80. The first-order valence-corrected chi connectivity index (χ1v) is 8.62. The van der Waals surface area contributed by atoms with Crippen molar-refractivity contribution >= 4 is 15.7 Å². The molecule has 0 fully saturated rings. The Hall–Kier alpha value is -1.07. The fraction of sp³-hybridized carbons (Fsp3) is 0.600. The largest absolute Gasteiger partial charge is 0.314 e. The number of nitrogens with zero attached hydrogens (tertiary/aromatic N) is 1.